The normalized spacial score (nSPS) is 19.3. The first-order valence-corrected chi connectivity index (χ1v) is 7.15. The van der Waals surface area contributed by atoms with Crippen molar-refractivity contribution in [1.82, 2.24) is 5.32 Å². The van der Waals surface area contributed by atoms with Crippen molar-refractivity contribution in [2.24, 2.45) is 5.73 Å². The average Bonchev–Trinajstić information content (AvgIpc) is 3.00. The largest absolute Gasteiger partial charge is 0.416 e. The molecule has 8 heteroatoms. The summed E-state index contributed by atoms with van der Waals surface area (Å²) in [7, 11) is 0. The lowest BCUT2D eigenvalue weighted by molar-refractivity contribution is -0.137. The van der Waals surface area contributed by atoms with Crippen molar-refractivity contribution in [2.45, 2.75) is 37.6 Å². The molecule has 0 aliphatic carbocycles. The van der Waals surface area contributed by atoms with E-state index in [9.17, 15) is 22.8 Å². The Hall–Kier alpha value is -2.09. The van der Waals surface area contributed by atoms with Crippen molar-refractivity contribution in [2.75, 3.05) is 6.61 Å². The van der Waals surface area contributed by atoms with Gasteiger partial charge >= 0.3 is 6.18 Å². The Labute approximate surface area is 131 Å². The Balaban J connectivity index is 2.07. The molecule has 23 heavy (non-hydrogen) atoms. The predicted molar refractivity (Wildman–Crippen MR) is 75.2 cm³/mol. The predicted octanol–water partition coefficient (Wildman–Crippen LogP) is 1.40. The quantitative estimate of drug-likeness (QED) is 0.856. The highest BCUT2D eigenvalue weighted by molar-refractivity contribution is 5.88. The summed E-state index contributed by atoms with van der Waals surface area (Å²) in [5, 5.41) is 2.45. The van der Waals surface area contributed by atoms with E-state index in [2.05, 4.69) is 5.32 Å². The van der Waals surface area contributed by atoms with Crippen LogP contribution in [0.4, 0.5) is 13.2 Å². The van der Waals surface area contributed by atoms with Crippen LogP contribution in [-0.4, -0.2) is 30.6 Å². The number of rotatable bonds is 5. The molecule has 126 valence electrons. The molecule has 0 spiro atoms. The van der Waals surface area contributed by atoms with Gasteiger partial charge in [-0.25, -0.2) is 0 Å². The third-order valence-electron chi connectivity index (χ3n) is 3.58. The monoisotopic (exact) mass is 330 g/mol. The van der Waals surface area contributed by atoms with E-state index >= 15 is 0 Å². The molecule has 5 nitrogen and oxygen atoms in total. The van der Waals surface area contributed by atoms with Gasteiger partial charge in [0.05, 0.1) is 5.56 Å². The van der Waals surface area contributed by atoms with Gasteiger partial charge in [-0.15, -0.1) is 0 Å². The van der Waals surface area contributed by atoms with E-state index in [1.807, 2.05) is 0 Å². The van der Waals surface area contributed by atoms with Crippen LogP contribution in [0.25, 0.3) is 0 Å². The number of alkyl halides is 3. The zero-order chi connectivity index (χ0) is 17.0. The number of ether oxygens (including phenoxy) is 1. The van der Waals surface area contributed by atoms with Gasteiger partial charge < -0.3 is 15.8 Å². The Morgan fingerprint density at radius 1 is 1.39 bits per heavy atom. The van der Waals surface area contributed by atoms with Crippen molar-refractivity contribution in [1.29, 1.82) is 0 Å². The molecule has 1 aliphatic rings. The van der Waals surface area contributed by atoms with Gasteiger partial charge in [0.15, 0.2) is 0 Å². The third kappa shape index (κ3) is 4.69. The average molecular weight is 330 g/mol. The van der Waals surface area contributed by atoms with Gasteiger partial charge in [0.1, 0.15) is 12.1 Å². The van der Waals surface area contributed by atoms with Crippen molar-refractivity contribution < 1.29 is 27.5 Å². The first kappa shape index (κ1) is 17.3. The summed E-state index contributed by atoms with van der Waals surface area (Å²) >= 11 is 0. The lowest BCUT2D eigenvalue weighted by atomic mass is 10.0. The number of carbonyl (C=O) groups excluding carboxylic acids is 2. The summed E-state index contributed by atoms with van der Waals surface area (Å²) in [6.07, 6.45) is -3.94. The summed E-state index contributed by atoms with van der Waals surface area (Å²) < 4.78 is 43.3. The second-order valence-corrected chi connectivity index (χ2v) is 5.37. The minimum atomic E-state index is -4.47. The highest BCUT2D eigenvalue weighted by Gasteiger charge is 2.31. The van der Waals surface area contributed by atoms with Crippen LogP contribution in [0.15, 0.2) is 24.3 Å². The van der Waals surface area contributed by atoms with Crippen LogP contribution in [0.1, 0.15) is 24.0 Å². The number of hydrogen-bond acceptors (Lipinski definition) is 3. The number of amides is 2. The molecule has 1 aromatic carbocycles. The van der Waals surface area contributed by atoms with Gasteiger partial charge in [-0.2, -0.15) is 13.2 Å². The van der Waals surface area contributed by atoms with Crippen LogP contribution in [0.5, 0.6) is 0 Å². The van der Waals surface area contributed by atoms with Crippen LogP contribution in [-0.2, 0) is 26.9 Å². The minimum absolute atomic E-state index is 0.113. The Morgan fingerprint density at radius 2 is 2.13 bits per heavy atom. The molecule has 3 N–H and O–H groups in total. The number of halogens is 3. The number of hydrogen-bond donors (Lipinski definition) is 2. The molecule has 1 saturated heterocycles. The van der Waals surface area contributed by atoms with Crippen molar-refractivity contribution in [3.63, 3.8) is 0 Å². The molecule has 1 heterocycles. The first-order chi connectivity index (χ1) is 10.8. The van der Waals surface area contributed by atoms with Crippen LogP contribution >= 0.6 is 0 Å². The Morgan fingerprint density at radius 3 is 2.70 bits per heavy atom. The minimum Gasteiger partial charge on any atom is -0.368 e. The maximum absolute atomic E-state index is 12.7. The molecule has 2 amide bonds. The zero-order valence-electron chi connectivity index (χ0n) is 12.2. The van der Waals surface area contributed by atoms with E-state index in [1.165, 1.54) is 12.1 Å². The van der Waals surface area contributed by atoms with Gasteiger partial charge in [-0.3, -0.25) is 9.59 Å². The highest BCUT2D eigenvalue weighted by atomic mass is 19.4. The maximum Gasteiger partial charge on any atom is 0.416 e. The summed E-state index contributed by atoms with van der Waals surface area (Å²) in [6.45, 7) is 0.465. The summed E-state index contributed by atoms with van der Waals surface area (Å²) in [4.78, 5) is 23.4. The summed E-state index contributed by atoms with van der Waals surface area (Å²) in [6, 6.07) is 3.49. The molecular weight excluding hydrogens is 313 g/mol. The van der Waals surface area contributed by atoms with E-state index < -0.39 is 35.7 Å². The second kappa shape index (κ2) is 6.99. The maximum atomic E-state index is 12.7. The molecule has 0 saturated carbocycles. The molecule has 0 bridgehead atoms. The molecule has 0 radical (unpaired) electrons. The van der Waals surface area contributed by atoms with E-state index in [0.717, 1.165) is 18.6 Å². The molecular formula is C15H17F3N2O3. The Bertz CT molecular complexity index is 584. The van der Waals surface area contributed by atoms with E-state index in [-0.39, 0.29) is 12.0 Å². The zero-order valence-corrected chi connectivity index (χ0v) is 12.2. The standard InChI is InChI=1S/C15H17F3N2O3/c16-15(17,18)10-4-1-3-9(7-10)8-11(13(19)21)20-14(22)12-5-2-6-23-12/h1,3-4,7,11-12H,2,5-6,8H2,(H2,19,21)(H,20,22)/t11-,12-/m1/s1. The highest BCUT2D eigenvalue weighted by Crippen LogP contribution is 2.29. The first-order valence-electron chi connectivity index (χ1n) is 7.15. The third-order valence-corrected chi connectivity index (χ3v) is 3.58. The number of nitrogens with two attached hydrogens (primary N) is 1. The van der Waals surface area contributed by atoms with Crippen LogP contribution < -0.4 is 11.1 Å². The van der Waals surface area contributed by atoms with E-state index in [0.29, 0.717) is 13.0 Å². The van der Waals surface area contributed by atoms with Gasteiger partial charge in [0.2, 0.25) is 11.8 Å². The van der Waals surface area contributed by atoms with Crippen LogP contribution in [0.2, 0.25) is 0 Å². The Kier molecular flexibility index (Phi) is 5.25. The summed E-state index contributed by atoms with van der Waals surface area (Å²) in [5.74, 6) is -1.29. The molecule has 2 rings (SSSR count). The number of primary amides is 1. The topological polar surface area (TPSA) is 81.4 Å². The molecule has 1 aromatic rings. The van der Waals surface area contributed by atoms with Crippen molar-refractivity contribution in [3.8, 4) is 0 Å². The van der Waals surface area contributed by atoms with Crippen molar-refractivity contribution in [3.05, 3.63) is 35.4 Å². The van der Waals surface area contributed by atoms with Crippen molar-refractivity contribution >= 4 is 11.8 Å². The van der Waals surface area contributed by atoms with Gasteiger partial charge in [0.25, 0.3) is 0 Å². The fourth-order valence-corrected chi connectivity index (χ4v) is 2.38. The molecule has 0 aromatic heterocycles. The molecule has 2 atom stereocenters. The lowest BCUT2D eigenvalue weighted by Crippen LogP contribution is -2.49. The van der Waals surface area contributed by atoms with E-state index in [4.69, 9.17) is 10.5 Å². The van der Waals surface area contributed by atoms with Gasteiger partial charge in [-0.1, -0.05) is 18.2 Å². The van der Waals surface area contributed by atoms with Crippen LogP contribution in [0, 0.1) is 0 Å². The molecule has 1 fully saturated rings. The number of carbonyl (C=O) groups is 2. The fraction of sp³-hybridized carbons (Fsp3) is 0.467. The molecule has 0 unspecified atom stereocenters. The number of benzene rings is 1. The lowest BCUT2D eigenvalue weighted by Gasteiger charge is -2.18. The fourth-order valence-electron chi connectivity index (χ4n) is 2.38. The SMILES string of the molecule is NC(=O)[C@@H](Cc1cccc(C(F)(F)F)c1)NC(=O)[C@H]1CCCO1. The van der Waals surface area contributed by atoms with Gasteiger partial charge in [0, 0.05) is 13.0 Å². The van der Waals surface area contributed by atoms with Gasteiger partial charge in [-0.05, 0) is 24.5 Å². The molecule has 1 aliphatic heterocycles. The second-order valence-electron chi connectivity index (χ2n) is 5.37. The van der Waals surface area contributed by atoms with E-state index in [1.54, 1.807) is 0 Å². The van der Waals surface area contributed by atoms with Crippen LogP contribution in [0.3, 0.4) is 0 Å². The summed E-state index contributed by atoms with van der Waals surface area (Å²) in [5.41, 5.74) is 4.68. The smallest absolute Gasteiger partial charge is 0.368 e. The number of nitrogens with one attached hydrogen (secondary N) is 1.